The van der Waals surface area contributed by atoms with Gasteiger partial charge in [-0.2, -0.15) is 0 Å². The summed E-state index contributed by atoms with van der Waals surface area (Å²) in [5.74, 6) is 4.15. The van der Waals surface area contributed by atoms with Crippen LogP contribution >= 0.6 is 0 Å². The third kappa shape index (κ3) is 10.7. The number of hydrogen-bond donors (Lipinski definition) is 2. The first-order chi connectivity index (χ1) is 20.6. The zero-order chi connectivity index (χ0) is 32.5. The Hall–Kier alpha value is -4.43. The van der Waals surface area contributed by atoms with E-state index in [0.717, 1.165) is 5.56 Å². The molecule has 2 heterocycles. The van der Waals surface area contributed by atoms with Crippen molar-refractivity contribution in [2.45, 2.75) is 71.6 Å². The average molecular weight is 607 g/mol. The van der Waals surface area contributed by atoms with Crippen LogP contribution < -0.4 is 5.32 Å². The van der Waals surface area contributed by atoms with E-state index >= 15 is 0 Å². The predicted octanol–water partition coefficient (Wildman–Crippen LogP) is 3.39. The van der Waals surface area contributed by atoms with Crippen LogP contribution in [0.15, 0.2) is 42.5 Å². The SMILES string of the molecule is CCOC(=O)N1CCN(C(=O)[C@H](CCC(=O)OC(C)(C)C)NC(=O)c2cc(C#CC(C)(C)O)cc(-c3ccccc3)n2)CC1. The maximum absolute atomic E-state index is 13.7. The maximum Gasteiger partial charge on any atom is 0.409 e. The van der Waals surface area contributed by atoms with Crippen molar-refractivity contribution in [1.29, 1.82) is 0 Å². The highest BCUT2D eigenvalue weighted by Gasteiger charge is 2.32. The Morgan fingerprint density at radius 1 is 1.00 bits per heavy atom. The van der Waals surface area contributed by atoms with Gasteiger partial charge < -0.3 is 29.7 Å². The van der Waals surface area contributed by atoms with Crippen LogP contribution in [-0.2, 0) is 19.1 Å². The number of aromatic nitrogens is 1. The number of aliphatic hydroxyl groups is 1. The Morgan fingerprint density at radius 2 is 1.64 bits per heavy atom. The number of benzene rings is 1. The monoisotopic (exact) mass is 606 g/mol. The van der Waals surface area contributed by atoms with Crippen molar-refractivity contribution in [3.8, 4) is 23.1 Å². The molecule has 11 heteroatoms. The molecule has 2 N–H and O–H groups in total. The molecule has 11 nitrogen and oxygen atoms in total. The molecule has 44 heavy (non-hydrogen) atoms. The van der Waals surface area contributed by atoms with Crippen molar-refractivity contribution in [3.63, 3.8) is 0 Å². The number of esters is 1. The van der Waals surface area contributed by atoms with E-state index in [0.29, 0.717) is 11.3 Å². The Morgan fingerprint density at radius 3 is 2.23 bits per heavy atom. The number of amides is 3. The van der Waals surface area contributed by atoms with Crippen LogP contribution in [0.25, 0.3) is 11.3 Å². The number of carbonyl (C=O) groups excluding carboxylic acids is 4. The highest BCUT2D eigenvalue weighted by molar-refractivity contribution is 5.97. The topological polar surface area (TPSA) is 138 Å². The van der Waals surface area contributed by atoms with Gasteiger partial charge in [0.25, 0.3) is 5.91 Å². The van der Waals surface area contributed by atoms with Crippen LogP contribution in [-0.4, -0.2) is 93.8 Å². The Labute approximate surface area is 258 Å². The third-order valence-electron chi connectivity index (χ3n) is 6.42. The number of nitrogens with one attached hydrogen (secondary N) is 1. The van der Waals surface area contributed by atoms with Crippen molar-refractivity contribution >= 4 is 23.9 Å². The van der Waals surface area contributed by atoms with Gasteiger partial charge in [-0.25, -0.2) is 9.78 Å². The van der Waals surface area contributed by atoms with E-state index in [2.05, 4.69) is 22.1 Å². The minimum absolute atomic E-state index is 0.00131. The summed E-state index contributed by atoms with van der Waals surface area (Å²) in [7, 11) is 0. The molecule has 0 unspecified atom stereocenters. The molecular formula is C33H42N4O7. The number of carbonyl (C=O) groups is 4. The summed E-state index contributed by atoms with van der Waals surface area (Å²) >= 11 is 0. The molecule has 1 saturated heterocycles. The largest absolute Gasteiger partial charge is 0.460 e. The minimum Gasteiger partial charge on any atom is -0.460 e. The molecule has 1 aromatic heterocycles. The predicted molar refractivity (Wildman–Crippen MR) is 164 cm³/mol. The maximum atomic E-state index is 13.7. The van der Waals surface area contributed by atoms with Crippen LogP contribution in [0.1, 0.15) is 70.4 Å². The first kappa shape index (κ1) is 34.1. The number of piperazine rings is 1. The van der Waals surface area contributed by atoms with Crippen LogP contribution in [0.2, 0.25) is 0 Å². The summed E-state index contributed by atoms with van der Waals surface area (Å²) in [5.41, 5.74) is -0.234. The van der Waals surface area contributed by atoms with E-state index in [1.165, 1.54) is 11.0 Å². The van der Waals surface area contributed by atoms with Gasteiger partial charge in [0.15, 0.2) is 0 Å². The second-order valence-electron chi connectivity index (χ2n) is 12.0. The van der Waals surface area contributed by atoms with Crippen molar-refractivity contribution in [1.82, 2.24) is 20.1 Å². The lowest BCUT2D eigenvalue weighted by Gasteiger charge is -2.36. The van der Waals surface area contributed by atoms with Crippen molar-refractivity contribution in [2.24, 2.45) is 0 Å². The summed E-state index contributed by atoms with van der Waals surface area (Å²) in [6.45, 7) is 11.4. The summed E-state index contributed by atoms with van der Waals surface area (Å²) in [4.78, 5) is 59.6. The van der Waals surface area contributed by atoms with Gasteiger partial charge in [-0.1, -0.05) is 42.2 Å². The van der Waals surface area contributed by atoms with E-state index in [1.807, 2.05) is 30.3 Å². The van der Waals surface area contributed by atoms with E-state index in [9.17, 15) is 24.3 Å². The lowest BCUT2D eigenvalue weighted by molar-refractivity contribution is -0.155. The van der Waals surface area contributed by atoms with E-state index in [4.69, 9.17) is 9.47 Å². The smallest absolute Gasteiger partial charge is 0.409 e. The van der Waals surface area contributed by atoms with Crippen molar-refractivity contribution in [3.05, 3.63) is 53.7 Å². The lowest BCUT2D eigenvalue weighted by atomic mass is 10.1. The Bertz CT molecular complexity index is 1390. The standard InChI is InChI=1S/C33H42N4O7/c1-7-43-31(41)37-19-17-36(18-20-37)30(40)25(13-14-28(38)44-32(2,3)4)35-29(39)27-22-23(15-16-33(5,6)42)21-26(34-27)24-11-9-8-10-12-24/h8-12,21-22,25,42H,7,13-14,17-20H2,1-6H3,(H,35,39)/t25-/m0/s1. The molecule has 0 saturated carbocycles. The quantitative estimate of drug-likeness (QED) is 0.345. The molecule has 3 amide bonds. The van der Waals surface area contributed by atoms with E-state index in [1.54, 1.807) is 52.5 Å². The van der Waals surface area contributed by atoms with Gasteiger partial charge in [-0.05, 0) is 60.1 Å². The fourth-order valence-electron chi connectivity index (χ4n) is 4.39. The molecule has 0 radical (unpaired) electrons. The zero-order valence-electron chi connectivity index (χ0n) is 26.3. The molecule has 236 valence electrons. The van der Waals surface area contributed by atoms with Gasteiger partial charge in [0.05, 0.1) is 12.3 Å². The van der Waals surface area contributed by atoms with Crippen molar-refractivity contribution in [2.75, 3.05) is 32.8 Å². The van der Waals surface area contributed by atoms with Gasteiger partial charge in [-0.3, -0.25) is 14.4 Å². The molecule has 0 spiro atoms. The zero-order valence-corrected chi connectivity index (χ0v) is 26.3. The molecular weight excluding hydrogens is 564 g/mol. The molecule has 2 aromatic rings. The van der Waals surface area contributed by atoms with Crippen LogP contribution in [0.4, 0.5) is 4.79 Å². The van der Waals surface area contributed by atoms with Gasteiger partial charge in [0.2, 0.25) is 5.91 Å². The highest BCUT2D eigenvalue weighted by atomic mass is 16.6. The minimum atomic E-state index is -1.25. The lowest BCUT2D eigenvalue weighted by Crippen LogP contribution is -2.56. The Kier molecular flexibility index (Phi) is 11.5. The summed E-state index contributed by atoms with van der Waals surface area (Å²) < 4.78 is 10.5. The number of rotatable bonds is 8. The van der Waals surface area contributed by atoms with E-state index < -0.39 is 35.2 Å². The first-order valence-corrected chi connectivity index (χ1v) is 14.7. The van der Waals surface area contributed by atoms with Gasteiger partial charge >= 0.3 is 12.1 Å². The summed E-state index contributed by atoms with van der Waals surface area (Å²) in [5, 5.41) is 12.9. The van der Waals surface area contributed by atoms with Crippen LogP contribution in [0.3, 0.4) is 0 Å². The molecule has 0 bridgehead atoms. The fraction of sp³-hybridized carbons (Fsp3) is 0.485. The second-order valence-corrected chi connectivity index (χ2v) is 12.0. The molecule has 3 rings (SSSR count). The molecule has 1 aliphatic heterocycles. The molecule has 0 aliphatic carbocycles. The first-order valence-electron chi connectivity index (χ1n) is 14.7. The second kappa shape index (κ2) is 14.8. The normalized spacial score (nSPS) is 14.2. The number of pyridine rings is 1. The van der Waals surface area contributed by atoms with Crippen molar-refractivity contribution < 1.29 is 33.8 Å². The van der Waals surface area contributed by atoms with Crippen LogP contribution in [0.5, 0.6) is 0 Å². The van der Waals surface area contributed by atoms with Crippen LogP contribution in [0, 0.1) is 11.8 Å². The number of ether oxygens (including phenoxy) is 2. The molecule has 1 aromatic carbocycles. The van der Waals surface area contributed by atoms with Gasteiger partial charge in [0, 0.05) is 43.7 Å². The number of hydrogen-bond acceptors (Lipinski definition) is 8. The molecule has 1 fully saturated rings. The summed E-state index contributed by atoms with van der Waals surface area (Å²) in [6.07, 6.45) is -0.542. The highest BCUT2D eigenvalue weighted by Crippen LogP contribution is 2.20. The molecule has 1 aliphatic rings. The molecule has 1 atom stereocenters. The van der Waals surface area contributed by atoms with Gasteiger partial charge in [-0.15, -0.1) is 0 Å². The number of nitrogens with zero attached hydrogens (tertiary/aromatic N) is 3. The summed E-state index contributed by atoms with van der Waals surface area (Å²) in [6, 6.07) is 11.4. The van der Waals surface area contributed by atoms with E-state index in [-0.39, 0.29) is 57.2 Å². The Balaban J connectivity index is 1.88. The third-order valence-corrected chi connectivity index (χ3v) is 6.42. The average Bonchev–Trinajstić information content (AvgIpc) is 2.97. The fourth-order valence-corrected chi connectivity index (χ4v) is 4.39. The van der Waals surface area contributed by atoms with Gasteiger partial charge in [0.1, 0.15) is 22.9 Å².